The van der Waals surface area contributed by atoms with Crippen LogP contribution in [0.1, 0.15) is 19.8 Å². The summed E-state index contributed by atoms with van der Waals surface area (Å²) in [6.07, 6.45) is 3.68. The summed E-state index contributed by atoms with van der Waals surface area (Å²) in [5.41, 5.74) is 0. The topological polar surface area (TPSA) is 52.6 Å². The van der Waals surface area contributed by atoms with Gasteiger partial charge in [0.25, 0.3) is 0 Å². The molecule has 0 aliphatic rings. The van der Waals surface area contributed by atoms with Gasteiger partial charge in [0.05, 0.1) is 0 Å². The van der Waals surface area contributed by atoms with Crippen LogP contribution in [-0.4, -0.2) is 24.6 Å². The molecular weight excluding hydrogens is 220 g/mol. The Morgan fingerprint density at radius 1 is 1.35 bits per heavy atom. The van der Waals surface area contributed by atoms with Crippen LogP contribution in [0, 0.1) is 11.8 Å². The molecule has 0 aromatic heterocycles. The zero-order chi connectivity index (χ0) is 13.1. The van der Waals surface area contributed by atoms with Crippen molar-refractivity contribution in [1.29, 1.82) is 0 Å². The summed E-state index contributed by atoms with van der Waals surface area (Å²) in [4.78, 5) is 21.9. The number of carbonyl (C=O) groups is 2. The number of carbonyl (C=O) groups excluding carboxylic acids is 2. The van der Waals surface area contributed by atoms with E-state index < -0.39 is 18.0 Å². The fraction of sp³-hybridized carbons (Fsp3) is 0.385. The van der Waals surface area contributed by atoms with Crippen LogP contribution in [0.25, 0.3) is 0 Å². The highest BCUT2D eigenvalue weighted by Crippen LogP contribution is 2.02. The monoisotopic (exact) mass is 236 g/mol. The number of esters is 2. The second-order valence-corrected chi connectivity index (χ2v) is 3.12. The maximum Gasteiger partial charge on any atom is 0.384 e. The highest BCUT2D eigenvalue weighted by Gasteiger charge is 2.07. The molecule has 0 N–H and O–H groups in total. The smallest absolute Gasteiger partial charge is 0.384 e. The summed E-state index contributed by atoms with van der Waals surface area (Å²) in [6.45, 7) is 8.36. The second kappa shape index (κ2) is 9.22. The standard InChI is InChI=1S/C13H16O4/c1-4-6-7-12(17-11(3)14)8-9-13(15)16-10-5-2/h4-5,12H,1-2,6-7,10H2,3H3/t12-/m0/s1. The molecule has 0 aromatic carbocycles. The first kappa shape index (κ1) is 15.0. The Bertz CT molecular complexity index is 346. The first-order valence-electron chi connectivity index (χ1n) is 5.17. The van der Waals surface area contributed by atoms with Gasteiger partial charge in [0.1, 0.15) is 6.61 Å². The third-order valence-corrected chi connectivity index (χ3v) is 1.61. The quantitative estimate of drug-likeness (QED) is 0.304. The minimum absolute atomic E-state index is 0.110. The van der Waals surface area contributed by atoms with E-state index >= 15 is 0 Å². The second-order valence-electron chi connectivity index (χ2n) is 3.12. The van der Waals surface area contributed by atoms with Crippen LogP contribution >= 0.6 is 0 Å². The molecule has 0 bridgehead atoms. The normalized spacial score (nSPS) is 10.4. The Morgan fingerprint density at radius 2 is 2.06 bits per heavy atom. The van der Waals surface area contributed by atoms with E-state index in [0.29, 0.717) is 12.8 Å². The molecule has 1 atom stereocenters. The molecule has 0 heterocycles. The Morgan fingerprint density at radius 3 is 2.59 bits per heavy atom. The summed E-state index contributed by atoms with van der Waals surface area (Å²) in [5.74, 6) is 3.70. The van der Waals surface area contributed by atoms with Gasteiger partial charge in [-0.15, -0.1) is 6.58 Å². The van der Waals surface area contributed by atoms with Gasteiger partial charge in [0, 0.05) is 12.8 Å². The molecule has 0 radical (unpaired) electrons. The van der Waals surface area contributed by atoms with Crippen LogP contribution in [0.2, 0.25) is 0 Å². The van der Waals surface area contributed by atoms with Gasteiger partial charge in [0.2, 0.25) is 0 Å². The zero-order valence-electron chi connectivity index (χ0n) is 9.90. The van der Waals surface area contributed by atoms with E-state index in [4.69, 9.17) is 4.74 Å². The molecule has 0 aliphatic carbocycles. The van der Waals surface area contributed by atoms with Crippen LogP contribution in [0.15, 0.2) is 25.3 Å². The molecule has 0 unspecified atom stereocenters. The summed E-state index contributed by atoms with van der Waals surface area (Å²) >= 11 is 0. The average molecular weight is 236 g/mol. The molecule has 0 rings (SSSR count). The predicted molar refractivity (Wildman–Crippen MR) is 63.9 cm³/mol. The third-order valence-electron chi connectivity index (χ3n) is 1.61. The Labute approximate surface area is 101 Å². The van der Waals surface area contributed by atoms with Crippen molar-refractivity contribution >= 4 is 11.9 Å². The maximum absolute atomic E-state index is 11.1. The number of rotatable bonds is 6. The van der Waals surface area contributed by atoms with E-state index in [9.17, 15) is 9.59 Å². The molecule has 0 fully saturated rings. The van der Waals surface area contributed by atoms with Crippen molar-refractivity contribution in [2.24, 2.45) is 0 Å². The molecule has 0 saturated heterocycles. The van der Waals surface area contributed by atoms with E-state index in [-0.39, 0.29) is 6.61 Å². The number of hydrogen-bond acceptors (Lipinski definition) is 4. The molecule has 0 aliphatic heterocycles. The lowest BCUT2D eigenvalue weighted by Gasteiger charge is -2.08. The van der Waals surface area contributed by atoms with E-state index in [1.165, 1.54) is 13.0 Å². The van der Waals surface area contributed by atoms with Crippen LogP contribution in [0.4, 0.5) is 0 Å². The van der Waals surface area contributed by atoms with E-state index in [0.717, 1.165) is 0 Å². The Hall–Kier alpha value is -2.02. The van der Waals surface area contributed by atoms with Crippen LogP contribution in [0.5, 0.6) is 0 Å². The molecule has 0 aromatic rings. The summed E-state index contributed by atoms with van der Waals surface area (Å²) in [6, 6.07) is 0. The maximum atomic E-state index is 11.1. The molecule has 17 heavy (non-hydrogen) atoms. The van der Waals surface area contributed by atoms with Gasteiger partial charge in [-0.05, 0) is 18.8 Å². The highest BCUT2D eigenvalue weighted by molar-refractivity contribution is 5.88. The van der Waals surface area contributed by atoms with Gasteiger partial charge >= 0.3 is 11.9 Å². The lowest BCUT2D eigenvalue weighted by atomic mass is 10.2. The largest absolute Gasteiger partial charge is 0.452 e. The summed E-state index contributed by atoms with van der Waals surface area (Å²) < 4.78 is 9.58. The van der Waals surface area contributed by atoms with Crippen LogP contribution in [0.3, 0.4) is 0 Å². The molecule has 4 nitrogen and oxygen atoms in total. The average Bonchev–Trinajstić information content (AvgIpc) is 2.29. The van der Waals surface area contributed by atoms with Crippen molar-refractivity contribution in [2.45, 2.75) is 25.9 Å². The molecule has 4 heteroatoms. The summed E-state index contributed by atoms with van der Waals surface area (Å²) in [7, 11) is 0. The molecule has 0 spiro atoms. The minimum atomic E-state index is -0.666. The SMILES string of the molecule is C=CCC[C@@H](C#CC(=O)OCC=C)OC(C)=O. The van der Waals surface area contributed by atoms with Crippen molar-refractivity contribution in [1.82, 2.24) is 0 Å². The number of allylic oxidation sites excluding steroid dienone is 1. The lowest BCUT2D eigenvalue weighted by molar-refractivity contribution is -0.144. The first-order valence-corrected chi connectivity index (χ1v) is 5.17. The zero-order valence-corrected chi connectivity index (χ0v) is 9.90. The van der Waals surface area contributed by atoms with Gasteiger partial charge in [-0.2, -0.15) is 0 Å². The molecular formula is C13H16O4. The molecule has 0 saturated carbocycles. The minimum Gasteiger partial charge on any atom is -0.452 e. The van der Waals surface area contributed by atoms with Crippen LogP contribution in [-0.2, 0) is 19.1 Å². The predicted octanol–water partition coefficient (Wildman–Crippen LogP) is 1.62. The Kier molecular flexibility index (Phi) is 8.13. The van der Waals surface area contributed by atoms with Crippen LogP contribution < -0.4 is 0 Å². The fourth-order valence-electron chi connectivity index (χ4n) is 0.940. The van der Waals surface area contributed by atoms with Gasteiger partial charge in [-0.25, -0.2) is 4.79 Å². The fourth-order valence-corrected chi connectivity index (χ4v) is 0.940. The lowest BCUT2D eigenvalue weighted by Crippen LogP contribution is -2.14. The van der Waals surface area contributed by atoms with Crippen molar-refractivity contribution in [3.63, 3.8) is 0 Å². The van der Waals surface area contributed by atoms with Crippen molar-refractivity contribution in [3.05, 3.63) is 25.3 Å². The van der Waals surface area contributed by atoms with Gasteiger partial charge in [-0.1, -0.05) is 18.7 Å². The number of hydrogen-bond donors (Lipinski definition) is 0. The van der Waals surface area contributed by atoms with E-state index in [1.807, 2.05) is 0 Å². The first-order chi connectivity index (χ1) is 8.10. The highest BCUT2D eigenvalue weighted by atomic mass is 16.5. The van der Waals surface area contributed by atoms with Crippen molar-refractivity contribution in [3.8, 4) is 11.8 Å². The van der Waals surface area contributed by atoms with Crippen molar-refractivity contribution in [2.75, 3.05) is 6.61 Å². The third kappa shape index (κ3) is 8.94. The van der Waals surface area contributed by atoms with E-state index in [1.54, 1.807) is 6.08 Å². The van der Waals surface area contributed by atoms with Gasteiger partial charge in [0.15, 0.2) is 6.10 Å². The molecule has 92 valence electrons. The van der Waals surface area contributed by atoms with E-state index in [2.05, 4.69) is 29.7 Å². The van der Waals surface area contributed by atoms with Gasteiger partial charge in [-0.3, -0.25) is 4.79 Å². The number of ether oxygens (including phenoxy) is 2. The summed E-state index contributed by atoms with van der Waals surface area (Å²) in [5, 5.41) is 0. The molecule has 0 amide bonds. The van der Waals surface area contributed by atoms with Gasteiger partial charge < -0.3 is 9.47 Å². The van der Waals surface area contributed by atoms with Crippen molar-refractivity contribution < 1.29 is 19.1 Å². The Balaban J connectivity index is 4.33.